The number of nitrogens with zero attached hydrogens (tertiary/aromatic N) is 1. The number of hydrogen-bond acceptors (Lipinski definition) is 2. The fourth-order valence-corrected chi connectivity index (χ4v) is 2.98. The molecule has 0 heterocycles. The second-order valence-electron chi connectivity index (χ2n) is 5.75. The van der Waals surface area contributed by atoms with E-state index in [1.54, 1.807) is 0 Å². The topological polar surface area (TPSA) is 46.3 Å². The quantitative estimate of drug-likeness (QED) is 0.792. The third-order valence-electron chi connectivity index (χ3n) is 4.33. The van der Waals surface area contributed by atoms with Gasteiger partial charge in [-0.2, -0.15) is 0 Å². The maximum Gasteiger partial charge on any atom is 0.225 e. The predicted molar refractivity (Wildman–Crippen MR) is 76.3 cm³/mol. The molecule has 0 aromatic heterocycles. The highest BCUT2D eigenvalue weighted by atomic mass is 16.2. The molecule has 0 spiro atoms. The second-order valence-corrected chi connectivity index (χ2v) is 5.75. The lowest BCUT2D eigenvalue weighted by atomic mass is 9.78. The molecule has 1 saturated carbocycles. The molecule has 0 aliphatic heterocycles. The summed E-state index contributed by atoms with van der Waals surface area (Å²) >= 11 is 0. The van der Waals surface area contributed by atoms with Crippen LogP contribution in [-0.2, 0) is 4.79 Å². The Hall–Kier alpha value is -0.570. The standard InChI is InChI=1S/C15H30N2O/c1-4-6-10-17(5-2)15(18)12(3)13-8-7-9-14(16)11-13/h12-14H,4-11,16H2,1-3H3. The van der Waals surface area contributed by atoms with Gasteiger partial charge in [-0.15, -0.1) is 0 Å². The van der Waals surface area contributed by atoms with E-state index in [2.05, 4.69) is 20.8 Å². The smallest absolute Gasteiger partial charge is 0.225 e. The van der Waals surface area contributed by atoms with Crippen molar-refractivity contribution in [3.05, 3.63) is 0 Å². The number of nitrogens with two attached hydrogens (primary N) is 1. The molecule has 18 heavy (non-hydrogen) atoms. The van der Waals surface area contributed by atoms with Gasteiger partial charge in [0.15, 0.2) is 0 Å². The highest BCUT2D eigenvalue weighted by molar-refractivity contribution is 5.78. The highest BCUT2D eigenvalue weighted by Crippen LogP contribution is 2.30. The Balaban J connectivity index is 2.52. The van der Waals surface area contributed by atoms with Crippen LogP contribution in [0.5, 0.6) is 0 Å². The minimum absolute atomic E-state index is 0.146. The summed E-state index contributed by atoms with van der Waals surface area (Å²) in [6, 6.07) is 0.310. The molecule has 3 nitrogen and oxygen atoms in total. The van der Waals surface area contributed by atoms with Crippen molar-refractivity contribution in [3.63, 3.8) is 0 Å². The average molecular weight is 254 g/mol. The fraction of sp³-hybridized carbons (Fsp3) is 0.933. The molecule has 3 heteroatoms. The Morgan fingerprint density at radius 2 is 2.11 bits per heavy atom. The molecule has 1 fully saturated rings. The van der Waals surface area contributed by atoms with Gasteiger partial charge in [-0.25, -0.2) is 0 Å². The minimum atomic E-state index is 0.146. The van der Waals surface area contributed by atoms with Crippen LogP contribution < -0.4 is 5.73 Å². The van der Waals surface area contributed by atoms with Gasteiger partial charge in [0.25, 0.3) is 0 Å². The van der Waals surface area contributed by atoms with Crippen molar-refractivity contribution in [3.8, 4) is 0 Å². The van der Waals surface area contributed by atoms with Crippen LogP contribution in [0.25, 0.3) is 0 Å². The van der Waals surface area contributed by atoms with Crippen molar-refractivity contribution < 1.29 is 4.79 Å². The predicted octanol–water partition coefficient (Wildman–Crippen LogP) is 2.79. The van der Waals surface area contributed by atoms with Crippen molar-refractivity contribution in [2.75, 3.05) is 13.1 Å². The van der Waals surface area contributed by atoms with Gasteiger partial charge in [-0.1, -0.05) is 26.7 Å². The van der Waals surface area contributed by atoms with E-state index in [1.165, 1.54) is 12.8 Å². The van der Waals surface area contributed by atoms with Gasteiger partial charge in [0.05, 0.1) is 0 Å². The molecule has 106 valence electrons. The summed E-state index contributed by atoms with van der Waals surface area (Å²) in [5.74, 6) is 0.982. The maximum atomic E-state index is 12.5. The lowest BCUT2D eigenvalue weighted by molar-refractivity contribution is -0.137. The van der Waals surface area contributed by atoms with Crippen molar-refractivity contribution in [2.24, 2.45) is 17.6 Å². The van der Waals surface area contributed by atoms with E-state index in [9.17, 15) is 4.79 Å². The molecule has 0 aromatic rings. The molecule has 0 radical (unpaired) electrons. The van der Waals surface area contributed by atoms with Gasteiger partial charge in [0, 0.05) is 25.0 Å². The summed E-state index contributed by atoms with van der Waals surface area (Å²) in [6.07, 6.45) is 6.77. The number of carbonyl (C=O) groups is 1. The van der Waals surface area contributed by atoms with Crippen LogP contribution in [0.1, 0.15) is 59.3 Å². The number of carbonyl (C=O) groups excluding carboxylic acids is 1. The zero-order valence-electron chi connectivity index (χ0n) is 12.3. The monoisotopic (exact) mass is 254 g/mol. The molecule has 0 saturated heterocycles. The Morgan fingerprint density at radius 1 is 1.39 bits per heavy atom. The van der Waals surface area contributed by atoms with Gasteiger partial charge in [-0.3, -0.25) is 4.79 Å². The van der Waals surface area contributed by atoms with E-state index >= 15 is 0 Å². The third kappa shape index (κ3) is 4.27. The number of amides is 1. The molecule has 1 aliphatic carbocycles. The number of unbranched alkanes of at least 4 members (excludes halogenated alkanes) is 1. The van der Waals surface area contributed by atoms with Gasteiger partial charge < -0.3 is 10.6 Å². The Bertz CT molecular complexity index is 255. The van der Waals surface area contributed by atoms with E-state index in [4.69, 9.17) is 5.73 Å². The van der Waals surface area contributed by atoms with Gasteiger partial charge >= 0.3 is 0 Å². The lowest BCUT2D eigenvalue weighted by Gasteiger charge is -2.33. The first kappa shape index (κ1) is 15.5. The highest BCUT2D eigenvalue weighted by Gasteiger charge is 2.30. The van der Waals surface area contributed by atoms with Crippen molar-refractivity contribution in [1.29, 1.82) is 0 Å². The van der Waals surface area contributed by atoms with E-state index in [0.29, 0.717) is 17.9 Å². The first-order valence-corrected chi connectivity index (χ1v) is 7.64. The summed E-state index contributed by atoms with van der Waals surface area (Å²) in [5.41, 5.74) is 6.03. The summed E-state index contributed by atoms with van der Waals surface area (Å²) in [6.45, 7) is 8.09. The summed E-state index contributed by atoms with van der Waals surface area (Å²) in [7, 11) is 0. The largest absolute Gasteiger partial charge is 0.343 e. The van der Waals surface area contributed by atoms with Crippen molar-refractivity contribution in [2.45, 2.75) is 65.3 Å². The maximum absolute atomic E-state index is 12.5. The molecule has 0 aromatic carbocycles. The first-order chi connectivity index (χ1) is 8.60. The second kappa shape index (κ2) is 7.78. The molecule has 3 unspecified atom stereocenters. The normalized spacial score (nSPS) is 25.8. The number of hydrogen-bond donors (Lipinski definition) is 1. The van der Waals surface area contributed by atoms with E-state index in [0.717, 1.165) is 38.8 Å². The first-order valence-electron chi connectivity index (χ1n) is 7.64. The van der Waals surface area contributed by atoms with Crippen LogP contribution >= 0.6 is 0 Å². The fourth-order valence-electron chi connectivity index (χ4n) is 2.98. The molecular weight excluding hydrogens is 224 g/mol. The van der Waals surface area contributed by atoms with Crippen LogP contribution in [0.15, 0.2) is 0 Å². The van der Waals surface area contributed by atoms with Crippen LogP contribution in [0.3, 0.4) is 0 Å². The van der Waals surface area contributed by atoms with Crippen LogP contribution in [0.4, 0.5) is 0 Å². The summed E-state index contributed by atoms with van der Waals surface area (Å²) < 4.78 is 0. The van der Waals surface area contributed by atoms with Crippen LogP contribution in [0.2, 0.25) is 0 Å². The van der Waals surface area contributed by atoms with E-state index in [-0.39, 0.29) is 5.92 Å². The third-order valence-corrected chi connectivity index (χ3v) is 4.33. The van der Waals surface area contributed by atoms with Gasteiger partial charge in [-0.05, 0) is 38.5 Å². The van der Waals surface area contributed by atoms with Crippen molar-refractivity contribution in [1.82, 2.24) is 4.90 Å². The molecule has 3 atom stereocenters. The molecule has 1 rings (SSSR count). The zero-order chi connectivity index (χ0) is 13.5. The SMILES string of the molecule is CCCCN(CC)C(=O)C(C)C1CCCC(N)C1. The summed E-state index contributed by atoms with van der Waals surface area (Å²) in [4.78, 5) is 14.5. The molecule has 0 bridgehead atoms. The summed E-state index contributed by atoms with van der Waals surface area (Å²) in [5, 5.41) is 0. The molecule has 1 aliphatic rings. The Labute approximate surface area is 112 Å². The van der Waals surface area contributed by atoms with Crippen molar-refractivity contribution >= 4 is 5.91 Å². The van der Waals surface area contributed by atoms with Crippen LogP contribution in [0, 0.1) is 11.8 Å². The number of rotatable bonds is 6. The Morgan fingerprint density at radius 3 is 2.67 bits per heavy atom. The van der Waals surface area contributed by atoms with Gasteiger partial charge in [0.1, 0.15) is 0 Å². The molecular formula is C15H30N2O. The minimum Gasteiger partial charge on any atom is -0.343 e. The molecule has 2 N–H and O–H groups in total. The zero-order valence-corrected chi connectivity index (χ0v) is 12.3. The molecule has 1 amide bonds. The van der Waals surface area contributed by atoms with E-state index in [1.807, 2.05) is 4.90 Å². The van der Waals surface area contributed by atoms with Crippen LogP contribution in [-0.4, -0.2) is 29.9 Å². The lowest BCUT2D eigenvalue weighted by Crippen LogP contribution is -2.41. The Kier molecular flexibility index (Phi) is 6.69. The average Bonchev–Trinajstić information content (AvgIpc) is 2.38. The van der Waals surface area contributed by atoms with E-state index < -0.39 is 0 Å². The van der Waals surface area contributed by atoms with Gasteiger partial charge in [0.2, 0.25) is 5.91 Å².